The van der Waals surface area contributed by atoms with Gasteiger partial charge in [-0.2, -0.15) is 4.98 Å². The van der Waals surface area contributed by atoms with Crippen LogP contribution in [-0.4, -0.2) is 43.8 Å². The van der Waals surface area contributed by atoms with Crippen molar-refractivity contribution in [1.29, 1.82) is 0 Å². The van der Waals surface area contributed by atoms with Gasteiger partial charge in [-0.05, 0) is 13.8 Å². The lowest BCUT2D eigenvalue weighted by Gasteiger charge is -2.17. The van der Waals surface area contributed by atoms with E-state index in [0.717, 1.165) is 15.4 Å². The fourth-order valence-corrected chi connectivity index (χ4v) is 2.28. The number of aromatic nitrogens is 2. The lowest BCUT2D eigenvalue weighted by Crippen LogP contribution is -2.37. The number of carbonyl (C=O) groups is 3. The van der Waals surface area contributed by atoms with Crippen molar-refractivity contribution in [2.24, 2.45) is 0 Å². The molecule has 0 radical (unpaired) electrons. The zero-order valence-corrected chi connectivity index (χ0v) is 12.6. The predicted octanol–water partition coefficient (Wildman–Crippen LogP) is 1.44. The molecule has 0 atom stereocenters. The van der Waals surface area contributed by atoms with Crippen LogP contribution in [0, 0.1) is 0 Å². The average Bonchev–Trinajstić information content (AvgIpc) is 3.08. The minimum absolute atomic E-state index is 0.0870. The Kier molecular flexibility index (Phi) is 3.65. The molecular weight excluding hydrogens is 300 g/mol. The Morgan fingerprint density at radius 2 is 1.78 bits per heavy atom. The summed E-state index contributed by atoms with van der Waals surface area (Å²) >= 11 is 0. The molecule has 0 unspecified atom stereocenters. The summed E-state index contributed by atoms with van der Waals surface area (Å²) in [6, 6.07) is 8.07. The molecule has 0 bridgehead atoms. The minimum Gasteiger partial charge on any atom is -0.337 e. The average molecular weight is 314 g/mol. The molecule has 1 fully saturated rings. The van der Waals surface area contributed by atoms with Gasteiger partial charge in [0, 0.05) is 11.6 Å². The maximum absolute atomic E-state index is 12.2. The lowest BCUT2D eigenvalue weighted by molar-refractivity contribution is -0.144. The van der Waals surface area contributed by atoms with Gasteiger partial charge >= 0.3 is 17.8 Å². The Bertz CT molecular complexity index is 769. The van der Waals surface area contributed by atoms with E-state index >= 15 is 0 Å². The molecule has 2 heterocycles. The molecule has 3 rings (SSSR count). The lowest BCUT2D eigenvalue weighted by atomic mass is 10.2. The number of imide groups is 2. The predicted molar refractivity (Wildman–Crippen MR) is 77.7 cm³/mol. The van der Waals surface area contributed by atoms with E-state index in [0.29, 0.717) is 5.82 Å². The fraction of sp³-hybridized carbons (Fsp3) is 0.267. The van der Waals surface area contributed by atoms with Gasteiger partial charge in [0.25, 0.3) is 0 Å². The summed E-state index contributed by atoms with van der Waals surface area (Å²) in [5.74, 6) is -1.29. The van der Waals surface area contributed by atoms with Crippen molar-refractivity contribution in [2.75, 3.05) is 0 Å². The first-order valence-electron chi connectivity index (χ1n) is 7.06. The minimum atomic E-state index is -0.886. The van der Waals surface area contributed by atoms with Crippen molar-refractivity contribution in [3.8, 4) is 11.4 Å². The van der Waals surface area contributed by atoms with Crippen molar-refractivity contribution in [3.05, 3.63) is 36.2 Å². The number of amides is 4. The van der Waals surface area contributed by atoms with Gasteiger partial charge in [-0.15, -0.1) is 0 Å². The number of urea groups is 1. The summed E-state index contributed by atoms with van der Waals surface area (Å²) in [4.78, 5) is 41.8. The molecule has 8 heteroatoms. The number of hydrogen-bond acceptors (Lipinski definition) is 6. The maximum atomic E-state index is 12.2. The molecule has 1 aromatic carbocycles. The smallest absolute Gasteiger partial charge is 0.334 e. The van der Waals surface area contributed by atoms with Crippen LogP contribution in [-0.2, 0) is 16.1 Å². The van der Waals surface area contributed by atoms with Crippen LogP contribution in [0.2, 0.25) is 0 Å². The van der Waals surface area contributed by atoms with Gasteiger partial charge in [-0.3, -0.25) is 14.5 Å². The molecule has 2 aromatic rings. The Morgan fingerprint density at radius 3 is 2.39 bits per heavy atom. The topological polar surface area (TPSA) is 96.6 Å². The van der Waals surface area contributed by atoms with Crippen LogP contribution >= 0.6 is 0 Å². The molecule has 0 aliphatic carbocycles. The van der Waals surface area contributed by atoms with Gasteiger partial charge in [-0.25, -0.2) is 9.69 Å². The number of carbonyl (C=O) groups excluding carboxylic acids is 3. The highest BCUT2D eigenvalue weighted by Gasteiger charge is 2.46. The van der Waals surface area contributed by atoms with Crippen LogP contribution in [0.3, 0.4) is 0 Å². The van der Waals surface area contributed by atoms with E-state index in [2.05, 4.69) is 10.1 Å². The molecule has 0 spiro atoms. The van der Waals surface area contributed by atoms with Crippen LogP contribution in [0.4, 0.5) is 4.79 Å². The molecule has 0 N–H and O–H groups in total. The highest BCUT2D eigenvalue weighted by atomic mass is 16.5. The van der Waals surface area contributed by atoms with Crippen LogP contribution in [0.1, 0.15) is 19.7 Å². The summed E-state index contributed by atoms with van der Waals surface area (Å²) in [5, 5.41) is 3.82. The SMILES string of the molecule is CC(C)N1C(=O)C(=O)N(Cc2nc(-c3ccccc3)no2)C1=O. The molecule has 1 saturated heterocycles. The van der Waals surface area contributed by atoms with E-state index in [9.17, 15) is 14.4 Å². The standard InChI is InChI=1S/C15H14N4O4/c1-9(2)19-14(21)13(20)18(15(19)22)8-11-16-12(17-23-11)10-6-4-3-5-7-10/h3-7,9H,8H2,1-2H3. The number of hydrogen-bond donors (Lipinski definition) is 0. The molecule has 23 heavy (non-hydrogen) atoms. The summed E-state index contributed by atoms with van der Waals surface area (Å²) in [5.41, 5.74) is 0.751. The van der Waals surface area contributed by atoms with E-state index in [1.54, 1.807) is 13.8 Å². The normalized spacial score (nSPS) is 15.2. The van der Waals surface area contributed by atoms with Crippen molar-refractivity contribution in [2.45, 2.75) is 26.4 Å². The highest BCUT2D eigenvalue weighted by molar-refractivity contribution is 6.44. The fourth-order valence-electron chi connectivity index (χ4n) is 2.28. The van der Waals surface area contributed by atoms with Gasteiger partial charge in [-0.1, -0.05) is 35.5 Å². The second-order valence-electron chi connectivity index (χ2n) is 5.32. The van der Waals surface area contributed by atoms with Crippen LogP contribution < -0.4 is 0 Å². The maximum Gasteiger partial charge on any atom is 0.334 e. The van der Waals surface area contributed by atoms with Crippen LogP contribution in [0.25, 0.3) is 11.4 Å². The Hall–Kier alpha value is -3.03. The van der Waals surface area contributed by atoms with Gasteiger partial charge in [0.05, 0.1) is 0 Å². The molecule has 1 aromatic heterocycles. The summed E-state index contributed by atoms with van der Waals surface area (Å²) < 4.78 is 5.07. The zero-order chi connectivity index (χ0) is 16.6. The molecule has 1 aliphatic heterocycles. The van der Waals surface area contributed by atoms with E-state index in [4.69, 9.17) is 4.52 Å². The van der Waals surface area contributed by atoms with Gasteiger partial charge < -0.3 is 4.52 Å². The number of rotatable bonds is 4. The second-order valence-corrected chi connectivity index (χ2v) is 5.32. The third kappa shape index (κ3) is 2.59. The largest absolute Gasteiger partial charge is 0.337 e. The first kappa shape index (κ1) is 14.9. The zero-order valence-electron chi connectivity index (χ0n) is 12.6. The molecule has 1 aliphatic rings. The highest BCUT2D eigenvalue weighted by Crippen LogP contribution is 2.20. The van der Waals surface area contributed by atoms with Gasteiger partial charge in [0.2, 0.25) is 11.7 Å². The van der Waals surface area contributed by atoms with Crippen LogP contribution in [0.15, 0.2) is 34.9 Å². The Labute approximate surface area is 131 Å². The Morgan fingerprint density at radius 1 is 1.09 bits per heavy atom. The Balaban J connectivity index is 1.80. The van der Waals surface area contributed by atoms with Gasteiger partial charge in [0.1, 0.15) is 6.54 Å². The molecule has 4 amide bonds. The summed E-state index contributed by atoms with van der Waals surface area (Å²) in [6.45, 7) is 3.09. The van der Waals surface area contributed by atoms with Crippen molar-refractivity contribution < 1.29 is 18.9 Å². The van der Waals surface area contributed by atoms with E-state index < -0.39 is 23.9 Å². The van der Waals surface area contributed by atoms with Crippen molar-refractivity contribution in [3.63, 3.8) is 0 Å². The number of benzene rings is 1. The monoisotopic (exact) mass is 314 g/mol. The molecular formula is C15H14N4O4. The third-order valence-corrected chi connectivity index (χ3v) is 3.39. The third-order valence-electron chi connectivity index (χ3n) is 3.39. The van der Waals surface area contributed by atoms with E-state index in [1.807, 2.05) is 30.3 Å². The second kappa shape index (κ2) is 5.64. The quantitative estimate of drug-likeness (QED) is 0.625. The van der Waals surface area contributed by atoms with E-state index in [1.165, 1.54) is 0 Å². The van der Waals surface area contributed by atoms with Gasteiger partial charge in [0.15, 0.2) is 0 Å². The molecule has 118 valence electrons. The number of nitrogens with zero attached hydrogens (tertiary/aromatic N) is 4. The molecule has 0 saturated carbocycles. The summed E-state index contributed by atoms with van der Waals surface area (Å²) in [7, 11) is 0. The van der Waals surface area contributed by atoms with Crippen molar-refractivity contribution >= 4 is 17.8 Å². The van der Waals surface area contributed by atoms with E-state index in [-0.39, 0.29) is 12.4 Å². The van der Waals surface area contributed by atoms with Crippen LogP contribution in [0.5, 0.6) is 0 Å². The molecule has 8 nitrogen and oxygen atoms in total. The summed E-state index contributed by atoms with van der Waals surface area (Å²) in [6.07, 6.45) is 0. The van der Waals surface area contributed by atoms with Crippen molar-refractivity contribution in [1.82, 2.24) is 19.9 Å². The first-order valence-corrected chi connectivity index (χ1v) is 7.06. The first-order chi connectivity index (χ1) is 11.0.